The van der Waals surface area contributed by atoms with Gasteiger partial charge in [-0.15, -0.1) is 0 Å². The normalized spacial score (nSPS) is 18.3. The Labute approximate surface area is 296 Å². The lowest BCUT2D eigenvalue weighted by Crippen LogP contribution is -2.41. The van der Waals surface area contributed by atoms with Crippen molar-refractivity contribution in [1.29, 1.82) is 5.26 Å². The third-order valence-corrected chi connectivity index (χ3v) is 8.17. The van der Waals surface area contributed by atoms with Crippen molar-refractivity contribution in [2.75, 3.05) is 11.9 Å². The molecule has 0 radical (unpaired) electrons. The highest BCUT2D eigenvalue weighted by molar-refractivity contribution is 5.94. The van der Waals surface area contributed by atoms with Gasteiger partial charge < -0.3 is 23.5 Å². The quantitative estimate of drug-likeness (QED) is 0.159. The van der Waals surface area contributed by atoms with Crippen LogP contribution in [0.2, 0.25) is 0 Å². The second-order valence-corrected chi connectivity index (χ2v) is 12.9. The number of H-pyrrole nitrogens is 1. The number of anilines is 1. The number of carbonyl (C=O) groups is 4. The lowest BCUT2D eigenvalue weighted by atomic mass is 9.96. The molecule has 0 saturated carbocycles. The van der Waals surface area contributed by atoms with Crippen molar-refractivity contribution in [2.45, 2.75) is 45.3 Å². The fraction of sp³-hybridized carbons (Fsp3) is 0.237. The molecule has 1 amide bonds. The predicted molar refractivity (Wildman–Crippen MR) is 185 cm³/mol. The van der Waals surface area contributed by atoms with Crippen molar-refractivity contribution >= 4 is 40.8 Å². The molecule has 4 atom stereocenters. The van der Waals surface area contributed by atoms with Crippen molar-refractivity contribution in [2.24, 2.45) is 5.41 Å². The number of hydrogen-bond donors (Lipinski definition) is 2. The molecule has 3 heterocycles. The van der Waals surface area contributed by atoms with E-state index in [2.05, 4.69) is 15.3 Å². The molecule has 2 N–H and O–H groups in total. The van der Waals surface area contributed by atoms with E-state index >= 15 is 0 Å². The van der Waals surface area contributed by atoms with Crippen LogP contribution in [-0.4, -0.2) is 63.3 Å². The molecule has 0 bridgehead atoms. The predicted octanol–water partition coefficient (Wildman–Crippen LogP) is 4.79. The number of aromatic nitrogens is 3. The molecule has 1 saturated heterocycles. The number of benzene rings is 3. The Kier molecular flexibility index (Phi) is 9.97. The summed E-state index contributed by atoms with van der Waals surface area (Å²) in [5, 5.41) is 12.5. The summed E-state index contributed by atoms with van der Waals surface area (Å²) in [5.74, 6) is -2.94. The summed E-state index contributed by atoms with van der Waals surface area (Å²) in [4.78, 5) is 73.3. The smallest absolute Gasteiger partial charge is 0.338 e. The van der Waals surface area contributed by atoms with Gasteiger partial charge in [-0.1, -0.05) is 75.4 Å². The highest BCUT2D eigenvalue weighted by atomic mass is 16.7. The monoisotopic (exact) mass is 703 g/mol. The van der Waals surface area contributed by atoms with Crippen LogP contribution in [0.15, 0.2) is 102 Å². The minimum atomic E-state index is -1.45. The van der Waals surface area contributed by atoms with Gasteiger partial charge in [-0.3, -0.25) is 19.9 Å². The van der Waals surface area contributed by atoms with Gasteiger partial charge in [0.25, 0.3) is 5.56 Å². The summed E-state index contributed by atoms with van der Waals surface area (Å²) >= 11 is 0. The summed E-state index contributed by atoms with van der Waals surface area (Å²) in [7, 11) is 0. The number of carbonyl (C=O) groups excluding carboxylic acids is 4. The molecule has 2 aromatic heterocycles. The van der Waals surface area contributed by atoms with E-state index in [-0.39, 0.29) is 39.2 Å². The van der Waals surface area contributed by atoms with Gasteiger partial charge in [-0.05, 0) is 36.4 Å². The fourth-order valence-corrected chi connectivity index (χ4v) is 5.47. The van der Waals surface area contributed by atoms with Crippen molar-refractivity contribution in [3.8, 4) is 6.07 Å². The molecule has 14 nitrogen and oxygen atoms in total. The van der Waals surface area contributed by atoms with E-state index in [1.165, 1.54) is 35.0 Å². The van der Waals surface area contributed by atoms with Crippen molar-refractivity contribution < 1.29 is 38.1 Å². The zero-order chi connectivity index (χ0) is 37.0. The Balaban J connectivity index is 1.45. The maximum Gasteiger partial charge on any atom is 0.338 e. The highest BCUT2D eigenvalue weighted by Crippen LogP contribution is 2.38. The molecule has 6 rings (SSSR count). The van der Waals surface area contributed by atoms with Crippen LogP contribution in [0.4, 0.5) is 5.95 Å². The molecule has 14 heteroatoms. The van der Waals surface area contributed by atoms with Gasteiger partial charge in [-0.25, -0.2) is 14.4 Å². The van der Waals surface area contributed by atoms with E-state index in [0.29, 0.717) is 0 Å². The number of nitriles is 1. The molecule has 1 fully saturated rings. The van der Waals surface area contributed by atoms with Crippen LogP contribution < -0.4 is 10.9 Å². The molecule has 0 unspecified atom stereocenters. The van der Waals surface area contributed by atoms with Crippen LogP contribution in [0, 0.1) is 16.7 Å². The Hall–Kier alpha value is -6.59. The lowest BCUT2D eigenvalue weighted by molar-refractivity contribution is -0.123. The van der Waals surface area contributed by atoms with E-state index in [9.17, 15) is 29.2 Å². The summed E-state index contributed by atoms with van der Waals surface area (Å²) in [6.45, 7) is 4.57. The van der Waals surface area contributed by atoms with Crippen LogP contribution in [0.25, 0.3) is 11.0 Å². The van der Waals surface area contributed by atoms with Crippen molar-refractivity contribution in [3.63, 3.8) is 0 Å². The Bertz CT molecular complexity index is 2220. The molecule has 1 aliphatic rings. The Morgan fingerprint density at radius 1 is 0.846 bits per heavy atom. The summed E-state index contributed by atoms with van der Waals surface area (Å²) in [5.41, 5.74) is -1.18. The van der Waals surface area contributed by atoms with Crippen molar-refractivity contribution in [3.05, 3.63) is 130 Å². The maximum atomic E-state index is 13.6. The summed E-state index contributed by atoms with van der Waals surface area (Å²) in [6, 6.07) is 26.3. The molecule has 1 aliphatic heterocycles. The number of amides is 1. The van der Waals surface area contributed by atoms with Crippen LogP contribution in [0.3, 0.4) is 0 Å². The van der Waals surface area contributed by atoms with Gasteiger partial charge in [0.05, 0.1) is 22.3 Å². The third kappa shape index (κ3) is 7.44. The molecular formula is C38H33N5O9. The number of ether oxygens (including phenoxy) is 4. The minimum Gasteiger partial charge on any atom is -0.459 e. The van der Waals surface area contributed by atoms with Crippen LogP contribution in [0.5, 0.6) is 0 Å². The molecular weight excluding hydrogens is 670 g/mol. The maximum absolute atomic E-state index is 13.6. The van der Waals surface area contributed by atoms with E-state index in [1.807, 2.05) is 6.07 Å². The number of rotatable bonds is 9. The van der Waals surface area contributed by atoms with Gasteiger partial charge in [-0.2, -0.15) is 10.2 Å². The molecule has 0 aliphatic carbocycles. The van der Waals surface area contributed by atoms with Crippen LogP contribution in [-0.2, 0) is 23.7 Å². The van der Waals surface area contributed by atoms with E-state index in [1.54, 1.807) is 87.5 Å². The molecule has 264 valence electrons. The number of nitrogens with zero attached hydrogens (tertiary/aromatic N) is 3. The number of hydrogen-bond acceptors (Lipinski definition) is 11. The van der Waals surface area contributed by atoms with E-state index in [0.717, 1.165) is 0 Å². The minimum absolute atomic E-state index is 0.106. The third-order valence-electron chi connectivity index (χ3n) is 8.17. The average molecular weight is 704 g/mol. The van der Waals surface area contributed by atoms with Crippen LogP contribution >= 0.6 is 0 Å². The Morgan fingerprint density at radius 2 is 1.37 bits per heavy atom. The van der Waals surface area contributed by atoms with Gasteiger partial charge in [0.2, 0.25) is 11.9 Å². The first-order valence-corrected chi connectivity index (χ1v) is 16.2. The number of esters is 3. The summed E-state index contributed by atoms with van der Waals surface area (Å²) < 4.78 is 25.3. The molecule has 3 aromatic carbocycles. The largest absolute Gasteiger partial charge is 0.459 e. The standard InChI is InChI=1S/C38H33N5O9/c1-38(2,3)36(48)42-37-40-30-27(31(44)41-37)25(19-39)20-43(30)32-29(52-35(47)24-17-11-6-12-18-24)28(51-34(46)23-15-9-5-10-16-23)26(50-32)21-49-33(45)22-13-7-4-8-14-22/h4-18,20,26,28-29,32H,21H2,1-3H3,(H2,40,41,42,44,48)/t26-,28-,29-,32-/m1/s1. The second kappa shape index (κ2) is 14.7. The van der Waals surface area contributed by atoms with Gasteiger partial charge >= 0.3 is 17.9 Å². The fourth-order valence-electron chi connectivity index (χ4n) is 5.47. The first-order chi connectivity index (χ1) is 24.9. The zero-order valence-corrected chi connectivity index (χ0v) is 28.3. The first kappa shape index (κ1) is 35.2. The first-order valence-electron chi connectivity index (χ1n) is 16.2. The number of aromatic amines is 1. The average Bonchev–Trinajstić information content (AvgIpc) is 3.68. The SMILES string of the molecule is CC(C)(C)C(=O)Nc1nc2c(c(C#N)cn2[C@@H]2O[C@H](COC(=O)c3ccccc3)[C@@H](OC(=O)c3ccccc3)[C@H]2OC(=O)c2ccccc2)c(=O)[nH]1. The van der Waals surface area contributed by atoms with Crippen LogP contribution in [0.1, 0.15) is 63.6 Å². The van der Waals surface area contributed by atoms with Gasteiger partial charge in [0.1, 0.15) is 24.2 Å². The second-order valence-electron chi connectivity index (χ2n) is 12.9. The highest BCUT2D eigenvalue weighted by Gasteiger charge is 2.52. The topological polar surface area (TPSA) is 192 Å². The number of fused-ring (bicyclic) bond motifs is 1. The molecule has 0 spiro atoms. The Morgan fingerprint density at radius 3 is 1.88 bits per heavy atom. The number of nitrogens with one attached hydrogen (secondary N) is 2. The summed E-state index contributed by atoms with van der Waals surface area (Å²) in [6.07, 6.45) is -4.18. The van der Waals surface area contributed by atoms with Crippen molar-refractivity contribution in [1.82, 2.24) is 14.5 Å². The zero-order valence-electron chi connectivity index (χ0n) is 28.3. The van der Waals surface area contributed by atoms with E-state index in [4.69, 9.17) is 18.9 Å². The lowest BCUT2D eigenvalue weighted by Gasteiger charge is -2.25. The van der Waals surface area contributed by atoms with E-state index < -0.39 is 65.9 Å². The van der Waals surface area contributed by atoms with Gasteiger partial charge in [0, 0.05) is 11.6 Å². The van der Waals surface area contributed by atoms with Gasteiger partial charge in [0.15, 0.2) is 24.1 Å². The molecule has 5 aromatic rings. The molecule has 52 heavy (non-hydrogen) atoms.